The van der Waals surface area contributed by atoms with Gasteiger partial charge in [-0.2, -0.15) is 0 Å². The molecule has 5 nitrogen and oxygen atoms in total. The van der Waals surface area contributed by atoms with Gasteiger partial charge in [-0.25, -0.2) is 4.79 Å². The van der Waals surface area contributed by atoms with Gasteiger partial charge in [0.15, 0.2) is 5.54 Å². The minimum absolute atomic E-state index is 0.414. The number of esters is 1. The summed E-state index contributed by atoms with van der Waals surface area (Å²) in [5.74, 6) is -1.21. The summed E-state index contributed by atoms with van der Waals surface area (Å²) in [5.41, 5.74) is 3.38. The number of carbonyl (C=O) groups is 2. The summed E-state index contributed by atoms with van der Waals surface area (Å²) in [6.45, 7) is 5.91. The Bertz CT molecular complexity index is 288. The highest BCUT2D eigenvalue weighted by Gasteiger charge is 2.47. The number of hydrogen-bond acceptors (Lipinski definition) is 4. The molecule has 1 aliphatic rings. The van der Waals surface area contributed by atoms with E-state index in [1.807, 2.05) is 0 Å². The van der Waals surface area contributed by atoms with Crippen molar-refractivity contribution in [3.05, 3.63) is 0 Å². The molecule has 0 bridgehead atoms. The van der Waals surface area contributed by atoms with Gasteiger partial charge in [0.05, 0.1) is 0 Å². The summed E-state index contributed by atoms with van der Waals surface area (Å²) < 4.78 is 5.24. The Kier molecular flexibility index (Phi) is 3.57. The van der Waals surface area contributed by atoms with Crippen LogP contribution in [-0.4, -0.2) is 29.6 Å². The summed E-state index contributed by atoms with van der Waals surface area (Å²) in [5, 5.41) is 2.91. The summed E-state index contributed by atoms with van der Waals surface area (Å²) in [6.07, 6.45) is 2.16. The van der Waals surface area contributed by atoms with Crippen molar-refractivity contribution in [1.82, 2.24) is 5.32 Å². The Hall–Kier alpha value is -1.10. The molecule has 0 saturated carbocycles. The predicted molar refractivity (Wildman–Crippen MR) is 59.6 cm³/mol. The molecule has 0 aromatic carbocycles. The fraction of sp³-hybridized carbons (Fsp3) is 0.818. The number of ether oxygens (including phenoxy) is 1. The molecule has 1 rings (SSSR count). The highest BCUT2D eigenvalue weighted by atomic mass is 16.6. The van der Waals surface area contributed by atoms with Crippen LogP contribution in [0.4, 0.5) is 0 Å². The van der Waals surface area contributed by atoms with Crippen LogP contribution in [0.5, 0.6) is 0 Å². The Morgan fingerprint density at radius 3 is 2.31 bits per heavy atom. The molecule has 0 aromatic rings. The number of rotatable bonds is 2. The smallest absolute Gasteiger partial charge is 0.336 e. The minimum Gasteiger partial charge on any atom is -0.458 e. The summed E-state index contributed by atoms with van der Waals surface area (Å²) in [7, 11) is 0. The first-order valence-electron chi connectivity index (χ1n) is 5.56. The molecular weight excluding hydrogens is 208 g/mol. The van der Waals surface area contributed by atoms with E-state index in [4.69, 9.17) is 10.5 Å². The highest BCUT2D eigenvalue weighted by molar-refractivity contribution is 6.07. The molecular formula is C11H20N2O3. The Balaban J connectivity index is 2.85. The Labute approximate surface area is 95.7 Å². The van der Waals surface area contributed by atoms with Crippen LogP contribution >= 0.6 is 0 Å². The SMILES string of the molecule is CC(C)(C)OC(=O)[C@]1(C(N)=O)CCCCN1. The van der Waals surface area contributed by atoms with Crippen LogP contribution in [0.15, 0.2) is 0 Å². The third-order valence-corrected chi connectivity index (χ3v) is 2.57. The number of nitrogens with two attached hydrogens (primary N) is 1. The number of amides is 1. The zero-order valence-electron chi connectivity index (χ0n) is 10.1. The molecule has 1 fully saturated rings. The lowest BCUT2D eigenvalue weighted by molar-refractivity contribution is -0.166. The predicted octanol–water partition coefficient (Wildman–Crippen LogP) is 0.326. The van der Waals surface area contributed by atoms with Crippen LogP contribution in [0.1, 0.15) is 40.0 Å². The average molecular weight is 228 g/mol. The van der Waals surface area contributed by atoms with Gasteiger partial charge >= 0.3 is 5.97 Å². The molecule has 1 heterocycles. The number of nitrogens with one attached hydrogen (secondary N) is 1. The third kappa shape index (κ3) is 2.72. The van der Waals surface area contributed by atoms with E-state index in [1.54, 1.807) is 20.8 Å². The van der Waals surface area contributed by atoms with Crippen molar-refractivity contribution in [3.8, 4) is 0 Å². The number of hydrogen-bond donors (Lipinski definition) is 2. The Morgan fingerprint density at radius 1 is 1.31 bits per heavy atom. The minimum atomic E-state index is -1.33. The van der Waals surface area contributed by atoms with Crippen LogP contribution in [-0.2, 0) is 14.3 Å². The van der Waals surface area contributed by atoms with Crippen LogP contribution in [0.2, 0.25) is 0 Å². The molecule has 16 heavy (non-hydrogen) atoms. The van der Waals surface area contributed by atoms with Gasteiger partial charge in [0.2, 0.25) is 5.91 Å². The molecule has 1 saturated heterocycles. The van der Waals surface area contributed by atoms with Gasteiger partial charge in [0, 0.05) is 0 Å². The molecule has 3 N–H and O–H groups in total. The van der Waals surface area contributed by atoms with Gasteiger partial charge in [-0.1, -0.05) is 0 Å². The number of piperidine rings is 1. The van der Waals surface area contributed by atoms with Crippen molar-refractivity contribution in [2.24, 2.45) is 5.73 Å². The molecule has 1 amide bonds. The summed E-state index contributed by atoms with van der Waals surface area (Å²) in [6, 6.07) is 0. The van der Waals surface area contributed by atoms with E-state index < -0.39 is 23.0 Å². The Morgan fingerprint density at radius 2 is 1.94 bits per heavy atom. The monoisotopic (exact) mass is 228 g/mol. The molecule has 1 aliphatic heterocycles. The maximum Gasteiger partial charge on any atom is 0.336 e. The lowest BCUT2D eigenvalue weighted by Gasteiger charge is -2.35. The highest BCUT2D eigenvalue weighted by Crippen LogP contribution is 2.23. The van der Waals surface area contributed by atoms with Crippen molar-refractivity contribution in [1.29, 1.82) is 0 Å². The lowest BCUT2D eigenvalue weighted by Crippen LogP contribution is -2.64. The zero-order valence-corrected chi connectivity index (χ0v) is 10.1. The molecule has 0 unspecified atom stereocenters. The van der Waals surface area contributed by atoms with Crippen molar-refractivity contribution in [3.63, 3.8) is 0 Å². The van der Waals surface area contributed by atoms with E-state index in [0.717, 1.165) is 12.8 Å². The summed E-state index contributed by atoms with van der Waals surface area (Å²) >= 11 is 0. The van der Waals surface area contributed by atoms with E-state index in [-0.39, 0.29) is 0 Å². The third-order valence-electron chi connectivity index (χ3n) is 2.57. The molecule has 1 atom stereocenters. The second-order valence-corrected chi connectivity index (χ2v) is 5.16. The maximum absolute atomic E-state index is 12.0. The van der Waals surface area contributed by atoms with Gasteiger partial charge in [-0.15, -0.1) is 0 Å². The van der Waals surface area contributed by atoms with Gasteiger partial charge in [0.1, 0.15) is 5.60 Å². The molecule has 0 aromatic heterocycles. The van der Waals surface area contributed by atoms with Gasteiger partial charge < -0.3 is 10.5 Å². The second kappa shape index (κ2) is 4.41. The van der Waals surface area contributed by atoms with E-state index in [0.29, 0.717) is 13.0 Å². The van der Waals surface area contributed by atoms with Crippen LogP contribution in [0.25, 0.3) is 0 Å². The van der Waals surface area contributed by atoms with Crippen LogP contribution < -0.4 is 11.1 Å². The van der Waals surface area contributed by atoms with Crippen molar-refractivity contribution >= 4 is 11.9 Å². The average Bonchev–Trinajstić information content (AvgIpc) is 2.16. The lowest BCUT2D eigenvalue weighted by atomic mass is 9.88. The van der Waals surface area contributed by atoms with E-state index in [9.17, 15) is 9.59 Å². The molecule has 5 heteroatoms. The quantitative estimate of drug-likeness (QED) is 0.527. The fourth-order valence-corrected chi connectivity index (χ4v) is 1.76. The number of primary amides is 1. The first-order chi connectivity index (χ1) is 7.28. The first kappa shape index (κ1) is 13.0. The van der Waals surface area contributed by atoms with Gasteiger partial charge in [-0.05, 0) is 46.6 Å². The van der Waals surface area contributed by atoms with Crippen molar-refractivity contribution in [2.45, 2.75) is 51.2 Å². The largest absolute Gasteiger partial charge is 0.458 e. The molecule has 0 aliphatic carbocycles. The topological polar surface area (TPSA) is 81.4 Å². The molecule has 0 radical (unpaired) electrons. The van der Waals surface area contributed by atoms with E-state index >= 15 is 0 Å². The molecule has 0 spiro atoms. The van der Waals surface area contributed by atoms with E-state index in [2.05, 4.69) is 5.32 Å². The standard InChI is InChI=1S/C11H20N2O3/c1-10(2,3)16-9(15)11(8(12)14)6-4-5-7-13-11/h13H,4-7H2,1-3H3,(H2,12,14)/t11-/m1/s1. The van der Waals surface area contributed by atoms with Gasteiger partial charge in [0.25, 0.3) is 0 Å². The number of carbonyl (C=O) groups excluding carboxylic acids is 2. The van der Waals surface area contributed by atoms with Gasteiger partial charge in [-0.3, -0.25) is 10.1 Å². The normalized spacial score (nSPS) is 26.2. The zero-order chi connectivity index (χ0) is 12.4. The van der Waals surface area contributed by atoms with Crippen LogP contribution in [0, 0.1) is 0 Å². The summed E-state index contributed by atoms with van der Waals surface area (Å²) in [4.78, 5) is 23.5. The van der Waals surface area contributed by atoms with Crippen LogP contribution in [0.3, 0.4) is 0 Å². The van der Waals surface area contributed by atoms with Crippen molar-refractivity contribution in [2.75, 3.05) is 6.54 Å². The van der Waals surface area contributed by atoms with E-state index in [1.165, 1.54) is 0 Å². The fourth-order valence-electron chi connectivity index (χ4n) is 1.76. The first-order valence-corrected chi connectivity index (χ1v) is 5.56. The maximum atomic E-state index is 12.0. The van der Waals surface area contributed by atoms with Crippen molar-refractivity contribution < 1.29 is 14.3 Å². The molecule has 92 valence electrons. The second-order valence-electron chi connectivity index (χ2n) is 5.16.